The number of fused-ring (bicyclic) bond motifs is 3. The van der Waals surface area contributed by atoms with Gasteiger partial charge in [-0.05, 0) is 12.1 Å². The number of hydrogen-bond donors (Lipinski definition) is 1. The number of nitrogens with one attached hydrogen (secondary N) is 1. The monoisotopic (exact) mass is 197 g/mol. The van der Waals surface area contributed by atoms with Gasteiger partial charge in [0.25, 0.3) is 0 Å². The molecule has 15 heavy (non-hydrogen) atoms. The molecule has 3 aromatic rings. The first-order chi connectivity index (χ1) is 6.45. The van der Waals surface area contributed by atoms with Gasteiger partial charge in [0, 0.05) is 21.8 Å². The topological polar surface area (TPSA) is 15.8 Å². The van der Waals surface area contributed by atoms with E-state index in [0.29, 0.717) is 0 Å². The van der Waals surface area contributed by atoms with E-state index in [2.05, 4.69) is 53.5 Å². The number of hydrogen-bond acceptors (Lipinski definition) is 0. The van der Waals surface area contributed by atoms with E-state index in [1.54, 1.807) is 0 Å². The average Bonchev–Trinajstić information content (AvgIpc) is 2.56. The van der Waals surface area contributed by atoms with Crippen LogP contribution in [0.5, 0.6) is 0 Å². The largest absolute Gasteiger partial charge is 0.355 e. The highest BCUT2D eigenvalue weighted by Gasteiger charge is 2.00. The number of aromatic nitrogens is 1. The smallest absolute Gasteiger partial charge is 0.0814 e. The summed E-state index contributed by atoms with van der Waals surface area (Å²) in [7, 11) is 0. The van der Waals surface area contributed by atoms with Crippen LogP contribution in [0.25, 0.3) is 21.8 Å². The minimum Gasteiger partial charge on any atom is -0.355 e. The van der Waals surface area contributed by atoms with E-state index in [4.69, 9.17) is 0 Å². The summed E-state index contributed by atoms with van der Waals surface area (Å²) in [6, 6.07) is 16.8. The highest BCUT2D eigenvalue weighted by Crippen LogP contribution is 2.24. The van der Waals surface area contributed by atoms with Crippen LogP contribution in [0, 0.1) is 0 Å². The summed E-state index contributed by atoms with van der Waals surface area (Å²) < 4.78 is 0. The molecule has 0 spiro atoms. The first-order valence-electron chi connectivity index (χ1n) is 4.40. The third kappa shape index (κ3) is 1.63. The fourth-order valence-electron chi connectivity index (χ4n) is 1.80. The Labute approximate surface area is 91.7 Å². The molecule has 0 atom stereocenters. The summed E-state index contributed by atoms with van der Waals surface area (Å²) in [6.07, 6.45) is 0. The van der Waals surface area contributed by atoms with E-state index < -0.39 is 0 Å². The summed E-state index contributed by atoms with van der Waals surface area (Å²) >= 11 is 0. The predicted molar refractivity (Wildman–Crippen MR) is 72.5 cm³/mol. The van der Waals surface area contributed by atoms with Crippen molar-refractivity contribution < 1.29 is 0 Å². The van der Waals surface area contributed by atoms with Crippen molar-refractivity contribution in [3.8, 4) is 0 Å². The van der Waals surface area contributed by atoms with E-state index in [1.165, 1.54) is 21.8 Å². The molecule has 0 unspecified atom stereocenters. The van der Waals surface area contributed by atoms with Crippen molar-refractivity contribution in [3.63, 3.8) is 0 Å². The Hall–Kier alpha value is -1.70. The van der Waals surface area contributed by atoms with Crippen molar-refractivity contribution in [1.29, 1.82) is 0 Å². The molecule has 1 N–H and O–H groups in total. The van der Waals surface area contributed by atoms with Crippen molar-refractivity contribution >= 4 is 30.2 Å². The maximum atomic E-state index is 3.38. The molecule has 0 fully saturated rings. The molecule has 0 aliphatic rings. The van der Waals surface area contributed by atoms with Gasteiger partial charge in [-0.25, -0.2) is 0 Å². The molecule has 1 heterocycles. The van der Waals surface area contributed by atoms with Gasteiger partial charge in [0.15, 0.2) is 0 Å². The number of para-hydroxylation sites is 2. The van der Waals surface area contributed by atoms with Gasteiger partial charge in [0.05, 0.1) is 8.41 Å². The molecular formula is C13H16BN. The molecular weight excluding hydrogens is 181 g/mol. The Morgan fingerprint density at radius 1 is 0.667 bits per heavy atom. The van der Waals surface area contributed by atoms with Crippen LogP contribution in [0.4, 0.5) is 0 Å². The summed E-state index contributed by atoms with van der Waals surface area (Å²) in [6.45, 7) is 0. The minimum atomic E-state index is 0. The van der Waals surface area contributed by atoms with Gasteiger partial charge in [-0.15, -0.1) is 0 Å². The Morgan fingerprint density at radius 3 is 1.53 bits per heavy atom. The third-order valence-electron chi connectivity index (χ3n) is 2.41. The molecule has 2 heteroatoms. The summed E-state index contributed by atoms with van der Waals surface area (Å²) in [5.74, 6) is 0. The Morgan fingerprint density at radius 2 is 1.07 bits per heavy atom. The van der Waals surface area contributed by atoms with Crippen LogP contribution in [-0.2, 0) is 0 Å². The molecule has 0 saturated carbocycles. The summed E-state index contributed by atoms with van der Waals surface area (Å²) in [4.78, 5) is 3.38. The second kappa shape index (κ2) is 4.22. The Balaban J connectivity index is 0.000000562. The van der Waals surface area contributed by atoms with Crippen molar-refractivity contribution in [2.45, 2.75) is 7.43 Å². The van der Waals surface area contributed by atoms with E-state index >= 15 is 0 Å². The molecule has 1 aromatic heterocycles. The molecule has 76 valence electrons. The quantitative estimate of drug-likeness (QED) is 0.533. The van der Waals surface area contributed by atoms with Crippen LogP contribution in [0.1, 0.15) is 7.43 Å². The van der Waals surface area contributed by atoms with Crippen molar-refractivity contribution in [2.24, 2.45) is 0 Å². The fourth-order valence-corrected chi connectivity index (χ4v) is 1.80. The van der Waals surface area contributed by atoms with Crippen molar-refractivity contribution in [1.82, 2.24) is 4.98 Å². The molecule has 0 amide bonds. The first kappa shape index (κ1) is 11.4. The summed E-state index contributed by atoms with van der Waals surface area (Å²) in [5, 5.41) is 2.61. The van der Waals surface area contributed by atoms with Crippen LogP contribution in [0.2, 0.25) is 0 Å². The van der Waals surface area contributed by atoms with E-state index in [9.17, 15) is 0 Å². The van der Waals surface area contributed by atoms with Gasteiger partial charge in [0.1, 0.15) is 0 Å². The van der Waals surface area contributed by atoms with Crippen LogP contribution < -0.4 is 0 Å². The first-order valence-corrected chi connectivity index (χ1v) is 4.40. The van der Waals surface area contributed by atoms with Gasteiger partial charge >= 0.3 is 0 Å². The fraction of sp³-hybridized carbons (Fsp3) is 0.0769. The van der Waals surface area contributed by atoms with Crippen LogP contribution in [-0.4, -0.2) is 13.4 Å². The standard InChI is InChI=1S/C12H9N.CH4.BH3/c1-3-7-11-9(5-1)10-6-2-4-8-12(10)13-11;;/h1-8,13H;1H4;1H3. The van der Waals surface area contributed by atoms with Crippen LogP contribution in [0.15, 0.2) is 48.5 Å². The Kier molecular flexibility index (Phi) is 3.20. The lowest BCUT2D eigenvalue weighted by Crippen LogP contribution is -1.62. The SMILES string of the molecule is B.C.c1ccc2c(c1)[nH]c1ccccc12. The van der Waals surface area contributed by atoms with Gasteiger partial charge in [0.2, 0.25) is 0 Å². The normalized spacial score (nSPS) is 9.60. The van der Waals surface area contributed by atoms with E-state index in [1.807, 2.05) is 0 Å². The third-order valence-corrected chi connectivity index (χ3v) is 2.41. The highest BCUT2D eigenvalue weighted by molar-refractivity contribution is 6.06. The van der Waals surface area contributed by atoms with Crippen molar-refractivity contribution in [2.75, 3.05) is 0 Å². The summed E-state index contributed by atoms with van der Waals surface area (Å²) in [5.41, 5.74) is 2.42. The highest BCUT2D eigenvalue weighted by atomic mass is 14.7. The lowest BCUT2D eigenvalue weighted by atomic mass is 10.2. The molecule has 0 radical (unpaired) electrons. The molecule has 0 bridgehead atoms. The zero-order valence-corrected chi connectivity index (χ0v) is 7.12. The zero-order chi connectivity index (χ0) is 8.67. The molecule has 2 aromatic carbocycles. The number of rotatable bonds is 0. The maximum Gasteiger partial charge on any atom is 0.0814 e. The van der Waals surface area contributed by atoms with Crippen molar-refractivity contribution in [3.05, 3.63) is 48.5 Å². The van der Waals surface area contributed by atoms with Gasteiger partial charge < -0.3 is 4.98 Å². The number of H-pyrrole nitrogens is 1. The molecule has 0 aliphatic heterocycles. The molecule has 1 nitrogen and oxygen atoms in total. The second-order valence-electron chi connectivity index (χ2n) is 3.22. The van der Waals surface area contributed by atoms with E-state index in [-0.39, 0.29) is 15.8 Å². The zero-order valence-electron chi connectivity index (χ0n) is 7.12. The lowest BCUT2D eigenvalue weighted by molar-refractivity contribution is 1.55. The Bertz CT molecular complexity index is 518. The minimum absolute atomic E-state index is 0. The predicted octanol–water partition coefficient (Wildman–Crippen LogP) is 2.77. The van der Waals surface area contributed by atoms with E-state index in [0.717, 1.165) is 0 Å². The van der Waals surface area contributed by atoms with Crippen LogP contribution in [0.3, 0.4) is 0 Å². The molecule has 0 aliphatic carbocycles. The number of benzene rings is 2. The molecule has 0 saturated heterocycles. The van der Waals surface area contributed by atoms with Gasteiger partial charge in [-0.2, -0.15) is 0 Å². The second-order valence-corrected chi connectivity index (χ2v) is 3.22. The molecule has 3 rings (SSSR count). The lowest BCUT2D eigenvalue weighted by Gasteiger charge is -1.87. The van der Waals surface area contributed by atoms with Gasteiger partial charge in [-0.1, -0.05) is 43.8 Å². The number of aromatic amines is 1. The average molecular weight is 197 g/mol. The van der Waals surface area contributed by atoms with Gasteiger partial charge in [-0.3, -0.25) is 0 Å². The maximum absolute atomic E-state index is 3.38. The van der Waals surface area contributed by atoms with Crippen LogP contribution >= 0.6 is 0 Å².